The third-order valence-electron chi connectivity index (χ3n) is 7.34. The molecule has 2 atom stereocenters. The van der Waals surface area contributed by atoms with Gasteiger partial charge in [-0.25, -0.2) is 23.1 Å². The number of nitro groups is 1. The highest BCUT2D eigenvalue weighted by atomic mass is 19.1. The molecule has 210 valence electrons. The van der Waals surface area contributed by atoms with E-state index in [1.54, 1.807) is 19.1 Å². The number of hydrogen-bond acceptors (Lipinski definition) is 10. The lowest BCUT2D eigenvalue weighted by Crippen LogP contribution is -2.47. The smallest absolute Gasteiger partial charge is 0.269 e. The number of rotatable bonds is 10. The van der Waals surface area contributed by atoms with Crippen LogP contribution in [0.4, 0.5) is 20.2 Å². The maximum Gasteiger partial charge on any atom is 0.269 e. The molecule has 2 aromatic carbocycles. The molecule has 0 spiro atoms. The molecule has 3 heterocycles. The molecule has 0 bridgehead atoms. The quantitative estimate of drug-likeness (QED) is 0.228. The van der Waals surface area contributed by atoms with E-state index in [2.05, 4.69) is 35.4 Å². The Labute approximate surface area is 227 Å². The van der Waals surface area contributed by atoms with Crippen LogP contribution in [-0.4, -0.2) is 82.6 Å². The Hall–Kier alpha value is -4.37. The first-order valence-corrected chi connectivity index (χ1v) is 12.7. The van der Waals surface area contributed by atoms with Gasteiger partial charge in [0.05, 0.1) is 17.5 Å². The second-order valence-corrected chi connectivity index (χ2v) is 9.71. The molecule has 0 saturated carbocycles. The predicted octanol–water partition coefficient (Wildman–Crippen LogP) is 1.96. The van der Waals surface area contributed by atoms with Gasteiger partial charge in [0.15, 0.2) is 5.82 Å². The van der Waals surface area contributed by atoms with Crippen LogP contribution < -0.4 is 4.90 Å². The summed E-state index contributed by atoms with van der Waals surface area (Å²) in [6.07, 6.45) is 3.17. The lowest BCUT2D eigenvalue weighted by atomic mass is 9.86. The van der Waals surface area contributed by atoms with Crippen molar-refractivity contribution < 1.29 is 18.8 Å². The Bertz CT molecular complexity index is 1440. The van der Waals surface area contributed by atoms with Crippen molar-refractivity contribution in [2.45, 2.75) is 31.5 Å². The second-order valence-electron chi connectivity index (χ2n) is 9.71. The Kier molecular flexibility index (Phi) is 7.75. The largest absolute Gasteiger partial charge is 0.381 e. The second kappa shape index (κ2) is 11.4. The van der Waals surface area contributed by atoms with Crippen LogP contribution in [0.3, 0.4) is 0 Å². The fourth-order valence-corrected chi connectivity index (χ4v) is 5.00. The maximum absolute atomic E-state index is 14.9. The topological polar surface area (TPSA) is 144 Å². The molecule has 40 heavy (non-hydrogen) atoms. The number of piperazine rings is 1. The highest BCUT2D eigenvalue weighted by molar-refractivity contribution is 5.51. The zero-order valence-electron chi connectivity index (χ0n) is 21.7. The summed E-state index contributed by atoms with van der Waals surface area (Å²) in [6.45, 7) is 5.19. The number of halogens is 2. The SMILES string of the molecule is C[C@H](n1nnnc1CCN1CCN(c2ccc([N+](=O)[O-])cc2)CC1)[C@](O)(Cn1cncn1)c1ccc(F)cc1F. The number of hydrogen-bond donors (Lipinski definition) is 1. The molecule has 1 saturated heterocycles. The fourth-order valence-electron chi connectivity index (χ4n) is 5.00. The van der Waals surface area contributed by atoms with Crippen molar-refractivity contribution in [3.8, 4) is 0 Å². The standard InChI is InChI=1S/C25H28F2N10O3/c1-18(25(38,15-35-17-28-16-29-35)22-7-2-19(26)14-23(22)27)36-24(30-31-32-36)8-9-33-10-12-34(13-11-33)20-3-5-21(6-4-20)37(39)40/h2-7,14,16-18,38H,8-13,15H2,1H3/t18-,25+/m0/s1. The molecular weight excluding hydrogens is 526 g/mol. The van der Waals surface area contributed by atoms with Crippen molar-refractivity contribution in [2.75, 3.05) is 37.6 Å². The molecule has 2 aromatic heterocycles. The Morgan fingerprint density at radius 3 is 2.52 bits per heavy atom. The minimum atomic E-state index is -1.88. The summed E-state index contributed by atoms with van der Waals surface area (Å²) in [5.41, 5.74) is -1.00. The number of anilines is 1. The van der Waals surface area contributed by atoms with E-state index in [0.29, 0.717) is 18.8 Å². The zero-order chi connectivity index (χ0) is 28.3. The van der Waals surface area contributed by atoms with Crippen molar-refractivity contribution in [2.24, 2.45) is 0 Å². The number of aliphatic hydroxyl groups is 1. The van der Waals surface area contributed by atoms with Crippen molar-refractivity contribution in [3.05, 3.63) is 88.3 Å². The van der Waals surface area contributed by atoms with E-state index in [1.165, 1.54) is 40.2 Å². The van der Waals surface area contributed by atoms with Gasteiger partial charge in [0.2, 0.25) is 0 Å². The number of aromatic nitrogens is 7. The van der Waals surface area contributed by atoms with Crippen LogP contribution in [0.1, 0.15) is 24.4 Å². The molecule has 4 aromatic rings. The summed E-state index contributed by atoms with van der Waals surface area (Å²) in [5, 5.41) is 38.9. The van der Waals surface area contributed by atoms with E-state index in [1.807, 2.05) is 0 Å². The first-order valence-electron chi connectivity index (χ1n) is 12.7. The lowest BCUT2D eigenvalue weighted by molar-refractivity contribution is -0.384. The molecule has 1 aliphatic rings. The molecule has 0 aliphatic carbocycles. The normalized spacial score (nSPS) is 16.6. The van der Waals surface area contributed by atoms with Gasteiger partial charge in [-0.15, -0.1) is 5.10 Å². The van der Waals surface area contributed by atoms with Crippen molar-refractivity contribution in [1.82, 2.24) is 39.9 Å². The van der Waals surface area contributed by atoms with Gasteiger partial charge < -0.3 is 10.0 Å². The van der Waals surface area contributed by atoms with E-state index in [-0.39, 0.29) is 17.8 Å². The molecule has 0 unspecified atom stereocenters. The average molecular weight is 555 g/mol. The van der Waals surface area contributed by atoms with E-state index < -0.39 is 28.2 Å². The minimum Gasteiger partial charge on any atom is -0.381 e. The van der Waals surface area contributed by atoms with Crippen LogP contribution in [0.25, 0.3) is 0 Å². The third kappa shape index (κ3) is 5.65. The van der Waals surface area contributed by atoms with Crippen LogP contribution in [0.15, 0.2) is 55.1 Å². The molecule has 1 fully saturated rings. The number of tetrazole rings is 1. The van der Waals surface area contributed by atoms with E-state index >= 15 is 0 Å². The monoisotopic (exact) mass is 554 g/mol. The predicted molar refractivity (Wildman–Crippen MR) is 138 cm³/mol. The molecule has 0 radical (unpaired) electrons. The van der Waals surface area contributed by atoms with Crippen molar-refractivity contribution >= 4 is 11.4 Å². The first-order chi connectivity index (χ1) is 19.2. The molecule has 15 heteroatoms. The van der Waals surface area contributed by atoms with Crippen molar-refractivity contribution in [1.29, 1.82) is 0 Å². The Morgan fingerprint density at radius 1 is 1.12 bits per heavy atom. The fraction of sp³-hybridized carbons (Fsp3) is 0.400. The molecule has 5 rings (SSSR count). The highest BCUT2D eigenvalue weighted by Gasteiger charge is 2.42. The maximum atomic E-state index is 14.9. The van der Waals surface area contributed by atoms with E-state index in [9.17, 15) is 24.0 Å². The van der Waals surface area contributed by atoms with E-state index in [4.69, 9.17) is 0 Å². The molecule has 0 amide bonds. The lowest BCUT2D eigenvalue weighted by Gasteiger charge is -2.36. The number of non-ortho nitro benzene ring substituents is 1. The van der Waals surface area contributed by atoms with Gasteiger partial charge in [0.1, 0.15) is 29.9 Å². The third-order valence-corrected chi connectivity index (χ3v) is 7.34. The number of nitrogens with zero attached hydrogens (tertiary/aromatic N) is 10. The first kappa shape index (κ1) is 27.2. The summed E-state index contributed by atoms with van der Waals surface area (Å²) in [7, 11) is 0. The van der Waals surface area contributed by atoms with Gasteiger partial charge in [0, 0.05) is 68.6 Å². The molecule has 13 nitrogen and oxygen atoms in total. The van der Waals surface area contributed by atoms with Crippen LogP contribution in [0, 0.1) is 21.7 Å². The van der Waals surface area contributed by atoms with Crippen molar-refractivity contribution in [3.63, 3.8) is 0 Å². The van der Waals surface area contributed by atoms with Crippen LogP contribution in [0.5, 0.6) is 0 Å². The van der Waals surface area contributed by atoms with Crippen LogP contribution in [-0.2, 0) is 18.6 Å². The van der Waals surface area contributed by atoms with Gasteiger partial charge in [-0.3, -0.25) is 15.0 Å². The summed E-state index contributed by atoms with van der Waals surface area (Å²) in [5.74, 6) is -1.14. The summed E-state index contributed by atoms with van der Waals surface area (Å²) in [6, 6.07) is 8.71. The van der Waals surface area contributed by atoms with Gasteiger partial charge >= 0.3 is 0 Å². The summed E-state index contributed by atoms with van der Waals surface area (Å²) < 4.78 is 31.4. The van der Waals surface area contributed by atoms with Gasteiger partial charge in [0.25, 0.3) is 5.69 Å². The summed E-state index contributed by atoms with van der Waals surface area (Å²) >= 11 is 0. The average Bonchev–Trinajstić information content (AvgIpc) is 3.64. The van der Waals surface area contributed by atoms with Crippen LogP contribution in [0.2, 0.25) is 0 Å². The van der Waals surface area contributed by atoms with Gasteiger partial charge in [-0.1, -0.05) is 6.07 Å². The van der Waals surface area contributed by atoms with Crippen LogP contribution >= 0.6 is 0 Å². The highest BCUT2D eigenvalue weighted by Crippen LogP contribution is 2.36. The van der Waals surface area contributed by atoms with Gasteiger partial charge in [-0.05, 0) is 35.5 Å². The number of benzene rings is 2. The zero-order valence-corrected chi connectivity index (χ0v) is 21.7. The molecular formula is C25H28F2N10O3. The molecule has 1 aliphatic heterocycles. The minimum absolute atomic E-state index is 0.0599. The van der Waals surface area contributed by atoms with Gasteiger partial charge in [-0.2, -0.15) is 5.10 Å². The Balaban J connectivity index is 1.27. The molecule has 1 N–H and O–H groups in total. The summed E-state index contributed by atoms with van der Waals surface area (Å²) in [4.78, 5) is 18.8. The van der Waals surface area contributed by atoms with E-state index in [0.717, 1.165) is 44.0 Å². The Morgan fingerprint density at radius 2 is 1.88 bits per heavy atom. The number of nitro benzene ring substituents is 1.